The third-order valence-corrected chi connectivity index (χ3v) is 5.16. The normalized spacial score (nSPS) is 20.0. The van der Waals surface area contributed by atoms with Crippen molar-refractivity contribution in [2.75, 3.05) is 18.0 Å². The zero-order valence-corrected chi connectivity index (χ0v) is 14.5. The van der Waals surface area contributed by atoms with Gasteiger partial charge in [-0.25, -0.2) is 19.2 Å². The third kappa shape index (κ3) is 3.21. The highest BCUT2D eigenvalue weighted by Crippen LogP contribution is 2.34. The smallest absolute Gasteiger partial charge is 0.337 e. The number of rotatable bonds is 3. The van der Waals surface area contributed by atoms with Gasteiger partial charge in [0.15, 0.2) is 0 Å². The molecule has 1 aliphatic rings. The van der Waals surface area contributed by atoms with Gasteiger partial charge in [0.1, 0.15) is 12.1 Å². The first-order chi connectivity index (χ1) is 13.0. The number of nitrogens with zero attached hydrogens (tertiary/aromatic N) is 3. The Bertz CT molecular complexity index is 1010. The number of aromatic nitrogens is 2. The van der Waals surface area contributed by atoms with Crippen molar-refractivity contribution in [2.24, 2.45) is 5.73 Å². The van der Waals surface area contributed by atoms with Crippen LogP contribution in [-0.4, -0.2) is 40.2 Å². The van der Waals surface area contributed by atoms with E-state index in [1.807, 2.05) is 6.07 Å². The van der Waals surface area contributed by atoms with Gasteiger partial charge >= 0.3 is 5.97 Å². The van der Waals surface area contributed by atoms with Gasteiger partial charge in [-0.05, 0) is 36.2 Å². The molecule has 2 aromatic carbocycles. The Kier molecular flexibility index (Phi) is 4.45. The Morgan fingerprint density at radius 1 is 1.30 bits per heavy atom. The number of carbonyl (C=O) groups is 1. The summed E-state index contributed by atoms with van der Waals surface area (Å²) in [6, 6.07) is 9.78. The SMILES string of the molecule is N[C@@H]1CN(c2ccc(C(=O)O)c3ncncc23)CC[C@@H]1c1cccc(F)c1. The molecule has 0 bridgehead atoms. The second kappa shape index (κ2) is 6.92. The van der Waals surface area contributed by atoms with Crippen LogP contribution in [0, 0.1) is 5.82 Å². The average molecular weight is 366 g/mol. The summed E-state index contributed by atoms with van der Waals surface area (Å²) in [5.74, 6) is -1.20. The number of piperidine rings is 1. The second-order valence-corrected chi connectivity index (χ2v) is 6.78. The quantitative estimate of drug-likeness (QED) is 0.740. The van der Waals surface area contributed by atoms with E-state index in [1.54, 1.807) is 30.5 Å². The summed E-state index contributed by atoms with van der Waals surface area (Å²) in [5.41, 5.74) is 8.76. The molecule has 1 aliphatic heterocycles. The third-order valence-electron chi connectivity index (χ3n) is 5.16. The number of hydrogen-bond acceptors (Lipinski definition) is 5. The van der Waals surface area contributed by atoms with E-state index >= 15 is 0 Å². The van der Waals surface area contributed by atoms with Gasteiger partial charge in [-0.1, -0.05) is 12.1 Å². The highest BCUT2D eigenvalue weighted by atomic mass is 19.1. The Hall–Kier alpha value is -3.06. The monoisotopic (exact) mass is 366 g/mol. The van der Waals surface area contributed by atoms with Crippen LogP contribution in [0.4, 0.5) is 10.1 Å². The van der Waals surface area contributed by atoms with Gasteiger partial charge in [-0.3, -0.25) is 0 Å². The first-order valence-corrected chi connectivity index (χ1v) is 8.76. The highest BCUT2D eigenvalue weighted by molar-refractivity contribution is 6.05. The van der Waals surface area contributed by atoms with Crippen molar-refractivity contribution in [3.05, 3.63) is 65.9 Å². The Morgan fingerprint density at radius 2 is 2.15 bits per heavy atom. The highest BCUT2D eigenvalue weighted by Gasteiger charge is 2.29. The molecule has 138 valence electrons. The molecule has 27 heavy (non-hydrogen) atoms. The first-order valence-electron chi connectivity index (χ1n) is 8.76. The standard InChI is InChI=1S/C20H19FN4O2/c21-13-3-1-2-12(8-13)14-6-7-25(10-17(14)22)18-5-4-15(20(26)27)19-16(18)9-23-11-24-19/h1-5,8-9,11,14,17H,6-7,10,22H2,(H,26,27)/t14-,17-/m1/s1. The van der Waals surface area contributed by atoms with Crippen molar-refractivity contribution in [3.8, 4) is 0 Å². The molecule has 0 spiro atoms. The molecule has 2 atom stereocenters. The largest absolute Gasteiger partial charge is 0.478 e. The number of hydrogen-bond donors (Lipinski definition) is 2. The first kappa shape index (κ1) is 17.4. The van der Waals surface area contributed by atoms with Crippen LogP contribution in [0.5, 0.6) is 0 Å². The van der Waals surface area contributed by atoms with Gasteiger partial charge < -0.3 is 15.7 Å². The average Bonchev–Trinajstić information content (AvgIpc) is 2.67. The number of aromatic carboxylic acids is 1. The van der Waals surface area contributed by atoms with E-state index in [9.17, 15) is 14.3 Å². The van der Waals surface area contributed by atoms with E-state index in [1.165, 1.54) is 12.4 Å². The van der Waals surface area contributed by atoms with Gasteiger partial charge in [0.05, 0.1) is 11.1 Å². The van der Waals surface area contributed by atoms with Crippen molar-refractivity contribution in [1.82, 2.24) is 9.97 Å². The molecule has 3 aromatic rings. The summed E-state index contributed by atoms with van der Waals surface area (Å²) in [4.78, 5) is 21.8. The van der Waals surface area contributed by atoms with Crippen LogP contribution < -0.4 is 10.6 Å². The number of benzene rings is 2. The summed E-state index contributed by atoms with van der Waals surface area (Å²) in [6.45, 7) is 1.31. The number of fused-ring (bicyclic) bond motifs is 1. The predicted octanol–water partition coefficient (Wildman–Crippen LogP) is 2.79. The van der Waals surface area contributed by atoms with E-state index in [0.29, 0.717) is 17.4 Å². The van der Waals surface area contributed by atoms with Gasteiger partial charge in [0.25, 0.3) is 0 Å². The molecule has 0 unspecified atom stereocenters. The van der Waals surface area contributed by atoms with Crippen LogP contribution in [0.2, 0.25) is 0 Å². The molecular formula is C20H19FN4O2. The molecule has 1 saturated heterocycles. The van der Waals surface area contributed by atoms with Gasteiger partial charge in [0.2, 0.25) is 0 Å². The maximum Gasteiger partial charge on any atom is 0.337 e. The molecular weight excluding hydrogens is 347 g/mol. The maximum absolute atomic E-state index is 13.6. The van der Waals surface area contributed by atoms with Crippen molar-refractivity contribution in [2.45, 2.75) is 18.4 Å². The van der Waals surface area contributed by atoms with E-state index in [0.717, 1.165) is 24.2 Å². The number of halogens is 1. The van der Waals surface area contributed by atoms with E-state index < -0.39 is 5.97 Å². The lowest BCUT2D eigenvalue weighted by molar-refractivity contribution is 0.0699. The van der Waals surface area contributed by atoms with Crippen LogP contribution in [0.15, 0.2) is 48.9 Å². The molecule has 1 aromatic heterocycles. The Balaban J connectivity index is 1.65. The van der Waals surface area contributed by atoms with Crippen molar-refractivity contribution in [1.29, 1.82) is 0 Å². The van der Waals surface area contributed by atoms with E-state index in [-0.39, 0.29) is 23.3 Å². The minimum Gasteiger partial charge on any atom is -0.478 e. The van der Waals surface area contributed by atoms with Crippen LogP contribution in [-0.2, 0) is 0 Å². The lowest BCUT2D eigenvalue weighted by atomic mass is 9.85. The fourth-order valence-electron chi connectivity index (χ4n) is 3.86. The molecule has 0 amide bonds. The van der Waals surface area contributed by atoms with Gasteiger partial charge in [0, 0.05) is 42.3 Å². The van der Waals surface area contributed by atoms with Crippen LogP contribution in [0.1, 0.15) is 28.3 Å². The van der Waals surface area contributed by atoms with Gasteiger partial charge in [-0.15, -0.1) is 0 Å². The minimum absolute atomic E-state index is 0.0813. The van der Waals surface area contributed by atoms with Crippen LogP contribution in [0.3, 0.4) is 0 Å². The molecule has 0 aliphatic carbocycles. The Labute approximate surface area is 155 Å². The lowest BCUT2D eigenvalue weighted by Crippen LogP contribution is -2.47. The lowest BCUT2D eigenvalue weighted by Gasteiger charge is -2.38. The van der Waals surface area contributed by atoms with Crippen molar-refractivity contribution >= 4 is 22.6 Å². The molecule has 3 N–H and O–H groups in total. The summed E-state index contributed by atoms with van der Waals surface area (Å²) in [7, 11) is 0. The topological polar surface area (TPSA) is 92.3 Å². The molecule has 6 nitrogen and oxygen atoms in total. The summed E-state index contributed by atoms with van der Waals surface area (Å²) < 4.78 is 13.6. The van der Waals surface area contributed by atoms with E-state index in [4.69, 9.17) is 5.73 Å². The summed E-state index contributed by atoms with van der Waals surface area (Å²) >= 11 is 0. The number of anilines is 1. The predicted molar refractivity (Wildman–Crippen MR) is 100 cm³/mol. The van der Waals surface area contributed by atoms with Crippen LogP contribution >= 0.6 is 0 Å². The van der Waals surface area contributed by atoms with Gasteiger partial charge in [-0.2, -0.15) is 0 Å². The minimum atomic E-state index is -1.02. The summed E-state index contributed by atoms with van der Waals surface area (Å²) in [6.07, 6.45) is 3.76. The van der Waals surface area contributed by atoms with Crippen molar-refractivity contribution in [3.63, 3.8) is 0 Å². The number of carboxylic acids is 1. The number of carboxylic acid groups (broad SMARTS) is 1. The molecule has 4 rings (SSSR count). The molecule has 0 radical (unpaired) electrons. The maximum atomic E-state index is 13.6. The Morgan fingerprint density at radius 3 is 2.89 bits per heavy atom. The molecule has 0 saturated carbocycles. The molecule has 2 heterocycles. The fraction of sp³-hybridized carbons (Fsp3) is 0.250. The zero-order valence-electron chi connectivity index (χ0n) is 14.5. The fourth-order valence-corrected chi connectivity index (χ4v) is 3.86. The van der Waals surface area contributed by atoms with Crippen molar-refractivity contribution < 1.29 is 14.3 Å². The molecule has 1 fully saturated rings. The van der Waals surface area contributed by atoms with E-state index in [2.05, 4.69) is 14.9 Å². The second-order valence-electron chi connectivity index (χ2n) is 6.78. The number of nitrogens with two attached hydrogens (primary N) is 1. The van der Waals surface area contributed by atoms with Crippen LogP contribution in [0.25, 0.3) is 10.9 Å². The zero-order chi connectivity index (χ0) is 19.0. The summed E-state index contributed by atoms with van der Waals surface area (Å²) in [5, 5.41) is 10.1. The molecule has 7 heteroatoms.